The van der Waals surface area contributed by atoms with Gasteiger partial charge in [-0.25, -0.2) is 0 Å². The molecule has 1 aliphatic carbocycles. The Morgan fingerprint density at radius 2 is 2.00 bits per heavy atom. The Morgan fingerprint density at radius 3 is 2.59 bits per heavy atom. The number of fused-ring (bicyclic) bond motifs is 1. The van der Waals surface area contributed by atoms with Crippen LogP contribution in [0.25, 0.3) is 0 Å². The van der Waals surface area contributed by atoms with Crippen molar-refractivity contribution in [3.8, 4) is 0 Å². The fourth-order valence-electron chi connectivity index (χ4n) is 5.58. The van der Waals surface area contributed by atoms with Gasteiger partial charge in [0.15, 0.2) is 0 Å². The summed E-state index contributed by atoms with van der Waals surface area (Å²) >= 11 is 4.51. The van der Waals surface area contributed by atoms with Gasteiger partial charge in [-0.05, 0) is 97.3 Å². The molecule has 0 radical (unpaired) electrons. The number of benzene rings is 2. The van der Waals surface area contributed by atoms with Gasteiger partial charge >= 0.3 is 0 Å². The maximum absolute atomic E-state index is 6.42. The molecule has 0 saturated heterocycles. The lowest BCUT2D eigenvalue weighted by Gasteiger charge is -2.24. The van der Waals surface area contributed by atoms with Gasteiger partial charge in [-0.2, -0.15) is 12.2 Å². The highest BCUT2D eigenvalue weighted by atomic mass is 32.7. The molecule has 0 aromatic heterocycles. The molecule has 3 rings (SSSR count). The SMILES string of the molecule is C=C(C)CC(c1cc(C)c(NC)c(N)c1)c1ccc2c(c1)C(CC(C)C)C(CCPS)C2. The molecule has 0 bridgehead atoms. The quantitative estimate of drug-likeness (QED) is 0.143. The van der Waals surface area contributed by atoms with E-state index in [-0.39, 0.29) is 5.92 Å². The van der Waals surface area contributed by atoms with Gasteiger partial charge in [-0.1, -0.05) is 51.5 Å². The van der Waals surface area contributed by atoms with Gasteiger partial charge in [0.2, 0.25) is 0 Å². The van der Waals surface area contributed by atoms with Crippen LogP contribution in [-0.4, -0.2) is 13.2 Å². The van der Waals surface area contributed by atoms with Crippen LogP contribution in [0.5, 0.6) is 0 Å². The number of nitrogens with two attached hydrogens (primary N) is 1. The van der Waals surface area contributed by atoms with Crippen LogP contribution in [0.4, 0.5) is 11.4 Å². The predicted octanol–water partition coefficient (Wildman–Crippen LogP) is 7.93. The van der Waals surface area contributed by atoms with Gasteiger partial charge < -0.3 is 11.1 Å². The summed E-state index contributed by atoms with van der Waals surface area (Å²) < 4.78 is 0. The van der Waals surface area contributed by atoms with E-state index in [1.807, 2.05) is 7.05 Å². The maximum Gasteiger partial charge on any atom is 0.0601 e. The van der Waals surface area contributed by atoms with Crippen LogP contribution < -0.4 is 11.1 Å². The smallest absolute Gasteiger partial charge is 0.0601 e. The van der Waals surface area contributed by atoms with E-state index in [1.54, 1.807) is 11.1 Å². The van der Waals surface area contributed by atoms with Crippen LogP contribution in [0.1, 0.15) is 79.7 Å². The Hall–Kier alpha value is -1.44. The van der Waals surface area contributed by atoms with Crippen molar-refractivity contribution >= 4 is 31.4 Å². The average molecular weight is 469 g/mol. The second kappa shape index (κ2) is 11.1. The first-order valence-corrected chi connectivity index (χ1v) is 14.5. The first-order chi connectivity index (χ1) is 15.2. The Kier molecular flexibility index (Phi) is 8.75. The number of allylic oxidation sites excluding steroid dienone is 1. The lowest BCUT2D eigenvalue weighted by molar-refractivity contribution is 0.380. The highest BCUT2D eigenvalue weighted by molar-refractivity contribution is 8.38. The van der Waals surface area contributed by atoms with Gasteiger partial charge in [0, 0.05) is 13.0 Å². The second-order valence-corrected chi connectivity index (χ2v) is 11.9. The third-order valence-electron chi connectivity index (χ3n) is 6.97. The molecule has 0 spiro atoms. The Labute approximate surface area is 202 Å². The third kappa shape index (κ3) is 5.72. The number of hydrogen-bond acceptors (Lipinski definition) is 3. The predicted molar refractivity (Wildman–Crippen MR) is 149 cm³/mol. The highest BCUT2D eigenvalue weighted by Crippen LogP contribution is 2.46. The minimum atomic E-state index is 0.280. The van der Waals surface area contributed by atoms with E-state index in [1.165, 1.54) is 47.7 Å². The number of nitrogens with one attached hydrogen (secondary N) is 1. The first-order valence-electron chi connectivity index (χ1n) is 12.0. The van der Waals surface area contributed by atoms with Crippen LogP contribution >= 0.6 is 20.0 Å². The fourth-order valence-corrected chi connectivity index (χ4v) is 6.47. The van der Waals surface area contributed by atoms with Crippen molar-refractivity contribution in [2.75, 3.05) is 24.3 Å². The van der Waals surface area contributed by atoms with Crippen molar-refractivity contribution in [2.24, 2.45) is 11.8 Å². The van der Waals surface area contributed by atoms with E-state index < -0.39 is 0 Å². The van der Waals surface area contributed by atoms with E-state index in [2.05, 4.69) is 82.2 Å². The molecule has 2 aromatic rings. The largest absolute Gasteiger partial charge is 0.397 e. The summed E-state index contributed by atoms with van der Waals surface area (Å²) in [5.41, 5.74) is 16.5. The Bertz CT molecular complexity index is 929. The van der Waals surface area contributed by atoms with Crippen molar-refractivity contribution in [2.45, 2.75) is 65.2 Å². The number of rotatable bonds is 10. The van der Waals surface area contributed by atoms with Gasteiger partial charge in [0.05, 0.1) is 11.4 Å². The molecule has 4 atom stereocenters. The van der Waals surface area contributed by atoms with Gasteiger partial charge in [0.1, 0.15) is 0 Å². The van der Waals surface area contributed by atoms with E-state index in [0.29, 0.717) is 11.8 Å². The standard InChI is InChI=1S/C28H41N2PS/c1-17(2)11-24(23-13-19(5)28(30-6)27(29)16-23)21-8-7-20-14-22(9-10-31-32)25(12-18(3)4)26(20)15-21/h7-8,13,15-16,18,22,24-25,30-32H,1,9-12,14,29H2,2-6H3. The van der Waals surface area contributed by atoms with Crippen molar-refractivity contribution in [1.29, 1.82) is 0 Å². The Morgan fingerprint density at radius 1 is 1.25 bits per heavy atom. The molecule has 0 heterocycles. The molecular weight excluding hydrogens is 427 g/mol. The molecule has 4 unspecified atom stereocenters. The van der Waals surface area contributed by atoms with Gasteiger partial charge in [-0.3, -0.25) is 0 Å². The van der Waals surface area contributed by atoms with E-state index in [4.69, 9.17) is 5.73 Å². The molecule has 0 amide bonds. The molecule has 1 aliphatic rings. The van der Waals surface area contributed by atoms with Crippen LogP contribution in [-0.2, 0) is 6.42 Å². The van der Waals surface area contributed by atoms with Crippen LogP contribution in [0, 0.1) is 18.8 Å². The number of anilines is 2. The summed E-state index contributed by atoms with van der Waals surface area (Å²) in [6, 6.07) is 11.7. The van der Waals surface area contributed by atoms with Crippen molar-refractivity contribution in [1.82, 2.24) is 0 Å². The van der Waals surface area contributed by atoms with Crippen molar-refractivity contribution in [3.63, 3.8) is 0 Å². The van der Waals surface area contributed by atoms with Crippen molar-refractivity contribution in [3.05, 3.63) is 70.3 Å². The number of hydrogen-bond donors (Lipinski definition) is 3. The lowest BCUT2D eigenvalue weighted by atomic mass is 9.81. The average Bonchev–Trinajstić information content (AvgIpc) is 3.06. The van der Waals surface area contributed by atoms with Crippen LogP contribution in [0.3, 0.4) is 0 Å². The van der Waals surface area contributed by atoms with Crippen LogP contribution in [0.15, 0.2) is 42.5 Å². The maximum atomic E-state index is 6.42. The molecule has 2 aromatic carbocycles. The number of thiol groups is 1. The number of nitrogen functional groups attached to an aromatic ring is 1. The number of aryl methyl sites for hydroxylation is 1. The summed E-state index contributed by atoms with van der Waals surface area (Å²) in [6.07, 6.45) is 5.96. The molecule has 0 aliphatic heterocycles. The molecule has 4 heteroatoms. The highest BCUT2D eigenvalue weighted by Gasteiger charge is 2.33. The fraction of sp³-hybridized carbons (Fsp3) is 0.500. The minimum Gasteiger partial charge on any atom is -0.397 e. The van der Waals surface area contributed by atoms with E-state index in [9.17, 15) is 0 Å². The van der Waals surface area contributed by atoms with Gasteiger partial charge in [0.25, 0.3) is 0 Å². The van der Waals surface area contributed by atoms with Gasteiger partial charge in [-0.15, -0.1) is 6.58 Å². The lowest BCUT2D eigenvalue weighted by Crippen LogP contribution is -2.12. The summed E-state index contributed by atoms with van der Waals surface area (Å²) in [5, 5.41) is 3.24. The Balaban J connectivity index is 2.03. The zero-order chi connectivity index (χ0) is 23.4. The zero-order valence-electron chi connectivity index (χ0n) is 20.5. The van der Waals surface area contributed by atoms with E-state index in [0.717, 1.165) is 31.5 Å². The van der Waals surface area contributed by atoms with E-state index >= 15 is 0 Å². The monoisotopic (exact) mass is 468 g/mol. The molecule has 3 N–H and O–H groups in total. The molecule has 0 fully saturated rings. The summed E-state index contributed by atoms with van der Waals surface area (Å²) in [5.74, 6) is 2.41. The normalized spacial score (nSPS) is 19.0. The van der Waals surface area contributed by atoms with Crippen molar-refractivity contribution < 1.29 is 0 Å². The summed E-state index contributed by atoms with van der Waals surface area (Å²) in [6.45, 7) is 13.2. The molecular formula is C28H41N2PS. The third-order valence-corrected chi connectivity index (χ3v) is 8.15. The second-order valence-electron chi connectivity index (χ2n) is 10.1. The summed E-state index contributed by atoms with van der Waals surface area (Å²) in [4.78, 5) is 0. The molecule has 32 heavy (non-hydrogen) atoms. The molecule has 174 valence electrons. The topological polar surface area (TPSA) is 38.0 Å². The zero-order valence-corrected chi connectivity index (χ0v) is 22.4. The molecule has 2 nitrogen and oxygen atoms in total. The minimum absolute atomic E-state index is 0.280. The first kappa shape index (κ1) is 25.2. The molecule has 0 saturated carbocycles. The summed E-state index contributed by atoms with van der Waals surface area (Å²) in [7, 11) is 2.69. The van der Waals surface area contributed by atoms with Crippen LogP contribution in [0.2, 0.25) is 0 Å².